The van der Waals surface area contributed by atoms with Gasteiger partial charge in [-0.25, -0.2) is 9.97 Å². The van der Waals surface area contributed by atoms with E-state index in [0.717, 1.165) is 23.4 Å². The van der Waals surface area contributed by atoms with Crippen LogP contribution < -0.4 is 0 Å². The first-order chi connectivity index (χ1) is 13.8. The van der Waals surface area contributed by atoms with E-state index in [1.807, 2.05) is 30.3 Å². The molecule has 1 amide bonds. The van der Waals surface area contributed by atoms with Gasteiger partial charge in [-0.2, -0.15) is 13.2 Å². The van der Waals surface area contributed by atoms with Gasteiger partial charge in [-0.3, -0.25) is 4.79 Å². The van der Waals surface area contributed by atoms with Gasteiger partial charge in [0.2, 0.25) is 5.91 Å². The molecular formula is C21H18F3N3OS. The molecule has 0 unspecified atom stereocenters. The number of rotatable bonds is 6. The lowest BCUT2D eigenvalue weighted by Gasteiger charge is -2.17. The predicted molar refractivity (Wildman–Crippen MR) is 106 cm³/mol. The summed E-state index contributed by atoms with van der Waals surface area (Å²) in [4.78, 5) is 21.7. The molecule has 0 bridgehead atoms. The van der Waals surface area contributed by atoms with Gasteiger partial charge >= 0.3 is 6.18 Å². The van der Waals surface area contributed by atoms with Crippen molar-refractivity contribution < 1.29 is 18.0 Å². The molecule has 1 aromatic heterocycles. The average molecular weight is 417 g/mol. The van der Waals surface area contributed by atoms with Crippen molar-refractivity contribution in [1.29, 1.82) is 0 Å². The summed E-state index contributed by atoms with van der Waals surface area (Å²) in [5.41, 5.74) is 0.657. The minimum Gasteiger partial charge on any atom is -0.341 e. The first kappa shape index (κ1) is 20.9. The fraction of sp³-hybridized carbons (Fsp3) is 0.190. The molecule has 2 aromatic carbocycles. The molecule has 0 saturated heterocycles. The highest BCUT2D eigenvalue weighted by molar-refractivity contribution is 7.99. The van der Waals surface area contributed by atoms with Crippen molar-refractivity contribution in [2.24, 2.45) is 0 Å². The van der Waals surface area contributed by atoms with Crippen LogP contribution in [0, 0.1) is 0 Å². The van der Waals surface area contributed by atoms with Gasteiger partial charge in [0.05, 0.1) is 11.4 Å². The highest BCUT2D eigenvalue weighted by atomic mass is 32.2. The Morgan fingerprint density at radius 2 is 1.62 bits per heavy atom. The Labute approximate surface area is 170 Å². The van der Waals surface area contributed by atoms with Gasteiger partial charge in [0, 0.05) is 19.2 Å². The Hall–Kier alpha value is -2.87. The second-order valence-electron chi connectivity index (χ2n) is 6.31. The van der Waals surface area contributed by atoms with Gasteiger partial charge in [0.15, 0.2) is 5.16 Å². The smallest absolute Gasteiger partial charge is 0.341 e. The Morgan fingerprint density at radius 1 is 1.00 bits per heavy atom. The molecule has 0 saturated carbocycles. The van der Waals surface area contributed by atoms with Crippen LogP contribution in [-0.2, 0) is 17.5 Å². The van der Waals surface area contributed by atoms with Crippen LogP contribution >= 0.6 is 11.8 Å². The van der Waals surface area contributed by atoms with Crippen molar-refractivity contribution >= 4 is 17.7 Å². The Balaban J connectivity index is 1.75. The number of hydrogen-bond acceptors (Lipinski definition) is 4. The van der Waals surface area contributed by atoms with E-state index >= 15 is 0 Å². The van der Waals surface area contributed by atoms with Crippen LogP contribution in [0.2, 0.25) is 0 Å². The van der Waals surface area contributed by atoms with E-state index in [1.54, 1.807) is 37.4 Å². The van der Waals surface area contributed by atoms with E-state index in [2.05, 4.69) is 9.97 Å². The third-order valence-electron chi connectivity index (χ3n) is 4.08. The molecule has 0 radical (unpaired) electrons. The molecule has 29 heavy (non-hydrogen) atoms. The number of aromatic nitrogens is 2. The summed E-state index contributed by atoms with van der Waals surface area (Å²) < 4.78 is 39.8. The summed E-state index contributed by atoms with van der Waals surface area (Å²) in [5, 5.41) is -0.0832. The third kappa shape index (κ3) is 5.80. The van der Waals surface area contributed by atoms with Gasteiger partial charge in [0.1, 0.15) is 5.69 Å². The minimum atomic E-state index is -4.60. The molecule has 0 N–H and O–H groups in total. The monoisotopic (exact) mass is 417 g/mol. The van der Waals surface area contributed by atoms with Crippen molar-refractivity contribution in [3.05, 3.63) is 78.0 Å². The Morgan fingerprint density at radius 3 is 2.24 bits per heavy atom. The van der Waals surface area contributed by atoms with E-state index < -0.39 is 11.9 Å². The predicted octanol–water partition coefficient (Wildman–Crippen LogP) is 4.91. The van der Waals surface area contributed by atoms with Crippen molar-refractivity contribution in [1.82, 2.24) is 14.9 Å². The highest BCUT2D eigenvalue weighted by Gasteiger charge is 2.34. The zero-order chi connectivity index (χ0) is 20.9. The molecule has 0 spiro atoms. The molecule has 0 aliphatic rings. The zero-order valence-corrected chi connectivity index (χ0v) is 16.4. The second-order valence-corrected chi connectivity index (χ2v) is 7.25. The van der Waals surface area contributed by atoms with Crippen molar-refractivity contribution in [3.8, 4) is 11.3 Å². The minimum absolute atomic E-state index is 0.0567. The van der Waals surface area contributed by atoms with Crippen molar-refractivity contribution in [2.75, 3.05) is 12.8 Å². The number of benzene rings is 2. The van der Waals surface area contributed by atoms with Crippen LogP contribution in [0.1, 0.15) is 11.3 Å². The molecule has 0 atom stereocenters. The van der Waals surface area contributed by atoms with Gasteiger partial charge in [0.25, 0.3) is 0 Å². The first-order valence-corrected chi connectivity index (χ1v) is 9.74. The van der Waals surface area contributed by atoms with Gasteiger partial charge in [-0.15, -0.1) is 0 Å². The van der Waals surface area contributed by atoms with Crippen molar-refractivity contribution in [3.63, 3.8) is 0 Å². The Kier molecular flexibility index (Phi) is 6.53. The molecule has 0 aliphatic heterocycles. The molecule has 1 heterocycles. The molecule has 0 aliphatic carbocycles. The van der Waals surface area contributed by atoms with Gasteiger partial charge in [-0.1, -0.05) is 72.4 Å². The van der Waals surface area contributed by atoms with Crippen molar-refractivity contribution in [2.45, 2.75) is 17.9 Å². The molecule has 3 aromatic rings. The Bertz CT molecular complexity index is 966. The normalized spacial score (nSPS) is 11.3. The molecule has 4 nitrogen and oxygen atoms in total. The highest BCUT2D eigenvalue weighted by Crippen LogP contribution is 2.32. The standard InChI is InChI=1S/C21H18F3N3OS/c1-27(13-15-8-4-2-5-9-15)19(28)14-29-20-25-17(16-10-6-3-7-11-16)12-18(26-20)21(22,23)24/h2-12H,13-14H2,1H3. The lowest BCUT2D eigenvalue weighted by atomic mass is 10.1. The first-order valence-electron chi connectivity index (χ1n) is 8.75. The molecule has 0 fully saturated rings. The number of carbonyl (C=O) groups excluding carboxylic acids is 1. The summed E-state index contributed by atoms with van der Waals surface area (Å²) in [5.74, 6) is -0.278. The quantitative estimate of drug-likeness (QED) is 0.422. The number of carbonyl (C=O) groups is 1. The maximum atomic E-state index is 13.3. The van der Waals surface area contributed by atoms with Gasteiger partial charge in [-0.05, 0) is 11.6 Å². The van der Waals surface area contributed by atoms with Crippen LogP contribution in [0.4, 0.5) is 13.2 Å². The SMILES string of the molecule is CN(Cc1ccccc1)C(=O)CSc1nc(-c2ccccc2)cc(C(F)(F)F)n1. The van der Waals surface area contributed by atoms with E-state index in [1.165, 1.54) is 4.90 Å². The van der Waals surface area contributed by atoms with Crippen LogP contribution in [0.5, 0.6) is 0 Å². The number of halogens is 3. The molecule has 3 rings (SSSR count). The lowest BCUT2D eigenvalue weighted by molar-refractivity contribution is -0.141. The summed E-state index contributed by atoms with van der Waals surface area (Å²) in [7, 11) is 1.65. The fourth-order valence-corrected chi connectivity index (χ4v) is 3.37. The van der Waals surface area contributed by atoms with E-state index in [9.17, 15) is 18.0 Å². The maximum absolute atomic E-state index is 13.3. The van der Waals surface area contributed by atoms with Gasteiger partial charge < -0.3 is 4.90 Å². The number of amides is 1. The number of thioether (sulfide) groups is 1. The molecular weight excluding hydrogens is 399 g/mol. The summed E-state index contributed by atoms with van der Waals surface area (Å²) in [6.07, 6.45) is -4.60. The van der Waals surface area contributed by atoms with Crippen LogP contribution in [0.25, 0.3) is 11.3 Å². The largest absolute Gasteiger partial charge is 0.433 e. The average Bonchev–Trinajstić information content (AvgIpc) is 2.72. The van der Waals surface area contributed by atoms with Crippen LogP contribution in [0.3, 0.4) is 0 Å². The number of alkyl halides is 3. The maximum Gasteiger partial charge on any atom is 0.433 e. The summed E-state index contributed by atoms with van der Waals surface area (Å²) in [6, 6.07) is 18.9. The third-order valence-corrected chi connectivity index (χ3v) is 4.91. The fourth-order valence-electron chi connectivity index (χ4n) is 2.57. The number of hydrogen-bond donors (Lipinski definition) is 0. The molecule has 8 heteroatoms. The topological polar surface area (TPSA) is 46.1 Å². The van der Waals surface area contributed by atoms with E-state index in [0.29, 0.717) is 12.1 Å². The van der Waals surface area contributed by atoms with Crippen LogP contribution in [-0.4, -0.2) is 33.6 Å². The van der Waals surface area contributed by atoms with E-state index in [4.69, 9.17) is 0 Å². The lowest BCUT2D eigenvalue weighted by Crippen LogP contribution is -2.27. The summed E-state index contributed by atoms with van der Waals surface area (Å²) in [6.45, 7) is 0.416. The van der Waals surface area contributed by atoms with Crippen LogP contribution in [0.15, 0.2) is 71.9 Å². The zero-order valence-electron chi connectivity index (χ0n) is 15.6. The second kappa shape index (κ2) is 9.09. The number of nitrogens with zero attached hydrogens (tertiary/aromatic N) is 3. The summed E-state index contributed by atoms with van der Waals surface area (Å²) >= 11 is 0.893. The molecule has 150 valence electrons. The van der Waals surface area contributed by atoms with E-state index in [-0.39, 0.29) is 22.5 Å².